The summed E-state index contributed by atoms with van der Waals surface area (Å²) >= 11 is 7.86. The van der Waals surface area contributed by atoms with Gasteiger partial charge in [-0.3, -0.25) is 9.58 Å². The molecule has 1 amide bonds. The van der Waals surface area contributed by atoms with Crippen molar-refractivity contribution in [2.45, 2.75) is 77.7 Å². The van der Waals surface area contributed by atoms with Gasteiger partial charge in [-0.15, -0.1) is 11.3 Å². The highest BCUT2D eigenvalue weighted by atomic mass is 35.5. The Morgan fingerprint density at radius 1 is 1.06 bits per heavy atom. The van der Waals surface area contributed by atoms with E-state index in [0.717, 1.165) is 99.6 Å². The van der Waals surface area contributed by atoms with E-state index in [1.165, 1.54) is 7.11 Å². The van der Waals surface area contributed by atoms with Gasteiger partial charge >= 0.3 is 12.1 Å². The molecule has 4 heterocycles. The standard InChI is InChI=1S/C39H44ClN5O5S/c1-7-45-30-13-10-25(19-28(30)33(42-45)24-14-16-43(17-15-24)27-20-44(21-27)38(48)49-6)36-41-29-18-22(2)31(34(37(46)47)50-39(3,4)5)32(35(29)51-36)23-8-11-26(40)12-9-23/h8-13,18-19,24,27,34H,7,14-17,20-21H2,1-6H3,(H,46,47)/t34-/m0/s1. The molecule has 0 saturated carbocycles. The zero-order chi connectivity index (χ0) is 36.2. The number of carbonyl (C=O) groups excluding carboxylic acids is 1. The van der Waals surface area contributed by atoms with Gasteiger partial charge in [-0.1, -0.05) is 23.7 Å². The summed E-state index contributed by atoms with van der Waals surface area (Å²) < 4.78 is 14.1. The molecule has 2 aliphatic rings. The van der Waals surface area contributed by atoms with Crippen LogP contribution in [0.15, 0.2) is 48.5 Å². The lowest BCUT2D eigenvalue weighted by Crippen LogP contribution is -2.62. The third kappa shape index (κ3) is 6.84. The molecule has 12 heteroatoms. The van der Waals surface area contributed by atoms with Crippen LogP contribution in [0, 0.1) is 6.92 Å². The molecule has 0 bridgehead atoms. The third-order valence-corrected chi connectivity index (χ3v) is 11.5. The van der Waals surface area contributed by atoms with Gasteiger partial charge in [0.05, 0.1) is 34.1 Å². The van der Waals surface area contributed by atoms with Crippen molar-refractivity contribution in [1.29, 1.82) is 0 Å². The minimum atomic E-state index is -1.17. The van der Waals surface area contributed by atoms with Gasteiger partial charge in [0.15, 0.2) is 6.10 Å². The molecule has 0 unspecified atom stereocenters. The Morgan fingerprint density at radius 2 is 1.75 bits per heavy atom. The zero-order valence-electron chi connectivity index (χ0n) is 29.9. The smallest absolute Gasteiger partial charge is 0.409 e. The summed E-state index contributed by atoms with van der Waals surface area (Å²) in [6, 6.07) is 16.4. The Kier molecular flexibility index (Phi) is 9.60. The Labute approximate surface area is 306 Å². The molecular weight excluding hydrogens is 686 g/mol. The molecule has 5 aromatic rings. The normalized spacial score (nSPS) is 16.9. The predicted octanol–water partition coefficient (Wildman–Crippen LogP) is 8.53. The number of rotatable bonds is 8. The lowest BCUT2D eigenvalue weighted by Gasteiger charge is -2.46. The molecule has 51 heavy (non-hydrogen) atoms. The van der Waals surface area contributed by atoms with Crippen LogP contribution in [-0.2, 0) is 20.8 Å². The first kappa shape index (κ1) is 35.4. The summed E-state index contributed by atoms with van der Waals surface area (Å²) in [5.41, 5.74) is 6.43. The second-order valence-corrected chi connectivity index (χ2v) is 16.0. The van der Waals surface area contributed by atoms with Crippen LogP contribution >= 0.6 is 22.9 Å². The molecule has 3 aromatic carbocycles. The summed E-state index contributed by atoms with van der Waals surface area (Å²) in [4.78, 5) is 34.0. The number of hydrogen-bond donors (Lipinski definition) is 1. The number of carboxylic acids is 1. The number of thiazole rings is 1. The molecule has 2 aromatic heterocycles. The van der Waals surface area contributed by atoms with Crippen LogP contribution in [0.25, 0.3) is 42.8 Å². The molecular formula is C39H44ClN5O5S. The second kappa shape index (κ2) is 13.8. The van der Waals surface area contributed by atoms with E-state index in [0.29, 0.717) is 22.5 Å². The first-order valence-corrected chi connectivity index (χ1v) is 18.7. The maximum Gasteiger partial charge on any atom is 0.409 e. The highest BCUT2D eigenvalue weighted by molar-refractivity contribution is 7.22. The number of amides is 1. The second-order valence-electron chi connectivity index (χ2n) is 14.6. The van der Waals surface area contributed by atoms with E-state index >= 15 is 0 Å². The fourth-order valence-corrected chi connectivity index (χ4v) is 8.79. The van der Waals surface area contributed by atoms with Gasteiger partial charge in [0.1, 0.15) is 5.01 Å². The van der Waals surface area contributed by atoms with Gasteiger partial charge in [0, 0.05) is 58.7 Å². The minimum absolute atomic E-state index is 0.252. The lowest BCUT2D eigenvalue weighted by molar-refractivity contribution is -0.160. The molecule has 10 nitrogen and oxygen atoms in total. The molecule has 2 saturated heterocycles. The molecule has 268 valence electrons. The molecule has 1 N–H and O–H groups in total. The predicted molar refractivity (Wildman–Crippen MR) is 202 cm³/mol. The van der Waals surface area contributed by atoms with Crippen LogP contribution in [0.4, 0.5) is 4.79 Å². The quantitative estimate of drug-likeness (QED) is 0.169. The van der Waals surface area contributed by atoms with Crippen LogP contribution < -0.4 is 0 Å². The monoisotopic (exact) mass is 729 g/mol. The Hall–Kier alpha value is -4.03. The van der Waals surface area contributed by atoms with Crippen molar-refractivity contribution < 1.29 is 24.2 Å². The molecule has 0 aliphatic carbocycles. The molecule has 2 aliphatic heterocycles. The number of aromatic nitrogens is 3. The van der Waals surface area contributed by atoms with Crippen LogP contribution in [0.5, 0.6) is 0 Å². The number of aliphatic carboxylic acids is 1. The molecule has 7 rings (SSSR count). The molecule has 0 radical (unpaired) electrons. The van der Waals surface area contributed by atoms with E-state index in [-0.39, 0.29) is 6.09 Å². The number of piperidine rings is 1. The van der Waals surface area contributed by atoms with Crippen molar-refractivity contribution in [3.05, 3.63) is 70.4 Å². The third-order valence-electron chi connectivity index (χ3n) is 10.1. The van der Waals surface area contributed by atoms with Crippen LogP contribution in [-0.4, -0.2) is 86.7 Å². The SMILES string of the molecule is CCn1nc(C2CCN(C3CN(C(=O)OC)C3)CC2)c2cc(-c3nc4cc(C)c([C@H](OC(C)(C)C)C(=O)O)c(-c5ccc(Cl)cc5)c4s3)ccc21. The van der Waals surface area contributed by atoms with Gasteiger partial charge in [-0.2, -0.15) is 5.10 Å². The summed E-state index contributed by atoms with van der Waals surface area (Å²) in [6.07, 6.45) is 0.581. The number of hydrogen-bond acceptors (Lipinski definition) is 8. The van der Waals surface area contributed by atoms with Crippen molar-refractivity contribution in [3.63, 3.8) is 0 Å². The fourth-order valence-electron chi connectivity index (χ4n) is 7.54. The Balaban J connectivity index is 1.26. The largest absolute Gasteiger partial charge is 0.479 e. The average Bonchev–Trinajstić information content (AvgIpc) is 3.67. The number of halogens is 1. The lowest BCUT2D eigenvalue weighted by atomic mass is 9.90. The Morgan fingerprint density at radius 3 is 2.37 bits per heavy atom. The van der Waals surface area contributed by atoms with E-state index in [4.69, 9.17) is 31.2 Å². The number of methoxy groups -OCH3 is 1. The summed E-state index contributed by atoms with van der Waals surface area (Å²) in [6.45, 7) is 13.8. The van der Waals surface area contributed by atoms with Gasteiger partial charge in [0.25, 0.3) is 0 Å². The van der Waals surface area contributed by atoms with E-state index in [1.807, 2.05) is 58.0 Å². The van der Waals surface area contributed by atoms with Crippen molar-refractivity contribution in [2.24, 2.45) is 0 Å². The number of carboxylic acid groups (broad SMARTS) is 1. The van der Waals surface area contributed by atoms with Gasteiger partial charge < -0.3 is 19.5 Å². The number of benzene rings is 3. The molecule has 2 fully saturated rings. The number of ether oxygens (including phenoxy) is 2. The topological polar surface area (TPSA) is 110 Å². The van der Waals surface area contributed by atoms with Crippen molar-refractivity contribution >= 4 is 56.1 Å². The maximum atomic E-state index is 12.8. The number of aryl methyl sites for hydroxylation is 2. The first-order valence-electron chi connectivity index (χ1n) is 17.5. The highest BCUT2D eigenvalue weighted by Gasteiger charge is 2.38. The molecule has 0 spiro atoms. The number of fused-ring (bicyclic) bond motifs is 2. The van der Waals surface area contributed by atoms with Gasteiger partial charge in [0.2, 0.25) is 0 Å². The Bertz CT molecular complexity index is 2110. The van der Waals surface area contributed by atoms with Crippen molar-refractivity contribution in [3.8, 4) is 21.7 Å². The summed E-state index contributed by atoms with van der Waals surface area (Å²) in [7, 11) is 1.43. The maximum absolute atomic E-state index is 12.8. The van der Waals surface area contributed by atoms with Gasteiger partial charge in [-0.25, -0.2) is 14.6 Å². The number of likely N-dealkylation sites (tertiary alicyclic amines) is 2. The van der Waals surface area contributed by atoms with E-state index in [9.17, 15) is 14.7 Å². The average molecular weight is 730 g/mol. The van der Waals surface area contributed by atoms with E-state index in [1.54, 1.807) is 16.2 Å². The minimum Gasteiger partial charge on any atom is -0.479 e. The number of carbonyl (C=O) groups is 2. The van der Waals surface area contributed by atoms with E-state index in [2.05, 4.69) is 34.7 Å². The van der Waals surface area contributed by atoms with E-state index < -0.39 is 17.7 Å². The van der Waals surface area contributed by atoms with Crippen molar-refractivity contribution in [1.82, 2.24) is 24.6 Å². The van der Waals surface area contributed by atoms with Crippen LogP contribution in [0.2, 0.25) is 5.02 Å². The van der Waals surface area contributed by atoms with Gasteiger partial charge in [-0.05, 0) is 108 Å². The fraction of sp³-hybridized carbons (Fsp3) is 0.436. The highest BCUT2D eigenvalue weighted by Crippen LogP contribution is 2.45. The number of nitrogens with zero attached hydrogens (tertiary/aromatic N) is 5. The zero-order valence-corrected chi connectivity index (χ0v) is 31.5. The first-order chi connectivity index (χ1) is 24.3. The van der Waals surface area contributed by atoms with Crippen molar-refractivity contribution in [2.75, 3.05) is 33.3 Å². The summed E-state index contributed by atoms with van der Waals surface area (Å²) in [5, 5.41) is 18.2. The molecule has 1 atom stereocenters. The van der Waals surface area contributed by atoms with Crippen LogP contribution in [0.3, 0.4) is 0 Å². The summed E-state index contributed by atoms with van der Waals surface area (Å²) in [5.74, 6) is -0.712. The van der Waals surface area contributed by atoms with Crippen LogP contribution in [0.1, 0.15) is 69.4 Å².